The summed E-state index contributed by atoms with van der Waals surface area (Å²) in [7, 11) is 0. The summed E-state index contributed by atoms with van der Waals surface area (Å²) >= 11 is 0. The molecule has 140 valence electrons. The summed E-state index contributed by atoms with van der Waals surface area (Å²) in [6.07, 6.45) is -5.11. The van der Waals surface area contributed by atoms with Gasteiger partial charge in [-0.15, -0.1) is 0 Å². The number of rotatable bonds is 6. The van der Waals surface area contributed by atoms with Gasteiger partial charge in [-0.3, -0.25) is 4.90 Å². The molecule has 6 heteroatoms. The molecule has 1 saturated heterocycles. The predicted molar refractivity (Wildman–Crippen MR) is 95.1 cm³/mol. The number of nitrogens with one attached hydrogen (secondary N) is 1. The van der Waals surface area contributed by atoms with Gasteiger partial charge in [-0.25, -0.2) is 0 Å². The monoisotopic (exact) mass is 364 g/mol. The number of hydrogen-bond donors (Lipinski definition) is 1. The Hall–Kier alpha value is -2.05. The first-order chi connectivity index (χ1) is 12.5. The van der Waals surface area contributed by atoms with Gasteiger partial charge in [-0.2, -0.15) is 13.2 Å². The molecule has 0 radical (unpaired) electrons. The van der Waals surface area contributed by atoms with Gasteiger partial charge in [0.15, 0.2) is 0 Å². The Morgan fingerprint density at radius 1 is 0.962 bits per heavy atom. The Balaban J connectivity index is 1.83. The van der Waals surface area contributed by atoms with Crippen molar-refractivity contribution in [1.82, 2.24) is 10.2 Å². The smallest absolute Gasteiger partial charge is 0.390 e. The lowest BCUT2D eigenvalue weighted by molar-refractivity contribution is -0.148. The van der Waals surface area contributed by atoms with Crippen LogP contribution < -0.4 is 10.1 Å². The number of ether oxygens (including phenoxy) is 1. The van der Waals surface area contributed by atoms with E-state index in [0.717, 1.165) is 5.56 Å². The highest BCUT2D eigenvalue weighted by molar-refractivity contribution is 5.36. The SMILES string of the molecule is FC(F)(F)C[C@H](c1ccccc1OCc1ccccc1)N1CCNCC1. The predicted octanol–water partition coefficient (Wildman–Crippen LogP) is 4.16. The van der Waals surface area contributed by atoms with Crippen LogP contribution in [0.5, 0.6) is 5.75 Å². The first-order valence-electron chi connectivity index (χ1n) is 8.80. The minimum atomic E-state index is -4.23. The van der Waals surface area contributed by atoms with Gasteiger partial charge >= 0.3 is 6.18 Å². The van der Waals surface area contributed by atoms with E-state index in [4.69, 9.17) is 4.74 Å². The van der Waals surface area contributed by atoms with E-state index in [2.05, 4.69) is 5.32 Å². The fourth-order valence-corrected chi connectivity index (χ4v) is 3.27. The molecular formula is C20H23F3N2O. The van der Waals surface area contributed by atoms with Crippen LogP contribution in [0.1, 0.15) is 23.6 Å². The second kappa shape index (κ2) is 8.56. The Morgan fingerprint density at radius 2 is 1.62 bits per heavy atom. The van der Waals surface area contributed by atoms with E-state index < -0.39 is 18.6 Å². The van der Waals surface area contributed by atoms with Crippen molar-refractivity contribution in [3.63, 3.8) is 0 Å². The molecule has 1 heterocycles. The molecule has 0 unspecified atom stereocenters. The maximum Gasteiger partial charge on any atom is 0.390 e. The van der Waals surface area contributed by atoms with Crippen molar-refractivity contribution in [2.45, 2.75) is 25.2 Å². The lowest BCUT2D eigenvalue weighted by Gasteiger charge is -2.36. The van der Waals surface area contributed by atoms with Crippen LogP contribution in [0.3, 0.4) is 0 Å². The summed E-state index contributed by atoms with van der Waals surface area (Å²) in [6.45, 7) is 2.91. The third-order valence-electron chi connectivity index (χ3n) is 4.53. The number of nitrogens with zero attached hydrogens (tertiary/aromatic N) is 1. The molecule has 3 nitrogen and oxygen atoms in total. The molecule has 2 aromatic carbocycles. The summed E-state index contributed by atoms with van der Waals surface area (Å²) in [5.41, 5.74) is 1.58. The number of halogens is 3. The van der Waals surface area contributed by atoms with Gasteiger partial charge in [0.1, 0.15) is 12.4 Å². The fraction of sp³-hybridized carbons (Fsp3) is 0.400. The van der Waals surface area contributed by atoms with E-state index in [9.17, 15) is 13.2 Å². The fourth-order valence-electron chi connectivity index (χ4n) is 3.27. The summed E-state index contributed by atoms with van der Waals surface area (Å²) in [6, 6.07) is 16.0. The molecule has 1 aliphatic rings. The molecule has 0 aromatic heterocycles. The van der Waals surface area contributed by atoms with Crippen LogP contribution in [0.15, 0.2) is 54.6 Å². The molecule has 26 heavy (non-hydrogen) atoms. The Kier molecular flexibility index (Phi) is 6.16. The van der Waals surface area contributed by atoms with Gasteiger partial charge in [0, 0.05) is 37.8 Å². The summed E-state index contributed by atoms with van der Waals surface area (Å²) in [4.78, 5) is 1.90. The van der Waals surface area contributed by atoms with Crippen LogP contribution in [0.4, 0.5) is 13.2 Å². The van der Waals surface area contributed by atoms with E-state index in [0.29, 0.717) is 44.1 Å². The van der Waals surface area contributed by atoms with Gasteiger partial charge < -0.3 is 10.1 Å². The van der Waals surface area contributed by atoms with Crippen molar-refractivity contribution in [2.75, 3.05) is 26.2 Å². The number of para-hydroxylation sites is 1. The first kappa shape index (κ1) is 18.7. The topological polar surface area (TPSA) is 24.5 Å². The van der Waals surface area contributed by atoms with Crippen LogP contribution in [0.2, 0.25) is 0 Å². The molecule has 0 bridgehead atoms. The van der Waals surface area contributed by atoms with Gasteiger partial charge in [0.2, 0.25) is 0 Å². The molecule has 0 amide bonds. The van der Waals surface area contributed by atoms with Gasteiger partial charge in [0.05, 0.1) is 6.42 Å². The lowest BCUT2D eigenvalue weighted by Crippen LogP contribution is -2.46. The molecule has 2 aromatic rings. The van der Waals surface area contributed by atoms with E-state index in [1.807, 2.05) is 35.2 Å². The molecule has 0 saturated carbocycles. The zero-order valence-electron chi connectivity index (χ0n) is 14.5. The van der Waals surface area contributed by atoms with Crippen LogP contribution in [-0.4, -0.2) is 37.3 Å². The maximum absolute atomic E-state index is 13.2. The Bertz CT molecular complexity index is 685. The number of hydrogen-bond acceptors (Lipinski definition) is 3. The Morgan fingerprint density at radius 3 is 2.31 bits per heavy atom. The highest BCUT2D eigenvalue weighted by atomic mass is 19.4. The molecule has 1 atom stereocenters. The standard InChI is InChI=1S/C20H23F3N2O/c21-20(22,23)14-18(25-12-10-24-11-13-25)17-8-4-5-9-19(17)26-15-16-6-2-1-3-7-16/h1-9,18,24H,10-15H2/t18-/m1/s1. The van der Waals surface area contributed by atoms with Crippen LogP contribution in [0.25, 0.3) is 0 Å². The average Bonchev–Trinajstić information content (AvgIpc) is 2.66. The van der Waals surface area contributed by atoms with E-state index >= 15 is 0 Å². The van der Waals surface area contributed by atoms with E-state index in [1.165, 1.54) is 0 Å². The normalized spacial score (nSPS) is 17.0. The zero-order chi connectivity index (χ0) is 18.4. The highest BCUT2D eigenvalue weighted by Crippen LogP contribution is 2.38. The second-order valence-electron chi connectivity index (χ2n) is 6.43. The summed E-state index contributed by atoms with van der Waals surface area (Å²) in [5, 5.41) is 3.19. The second-order valence-corrected chi connectivity index (χ2v) is 6.43. The number of benzene rings is 2. The quantitative estimate of drug-likeness (QED) is 0.833. The molecule has 3 rings (SSSR count). The third-order valence-corrected chi connectivity index (χ3v) is 4.53. The molecule has 1 aliphatic heterocycles. The van der Waals surface area contributed by atoms with Crippen molar-refractivity contribution < 1.29 is 17.9 Å². The van der Waals surface area contributed by atoms with Crippen molar-refractivity contribution in [3.8, 4) is 5.75 Å². The van der Waals surface area contributed by atoms with Crippen LogP contribution >= 0.6 is 0 Å². The molecule has 1 fully saturated rings. The molecule has 0 aliphatic carbocycles. The molecule has 0 spiro atoms. The van der Waals surface area contributed by atoms with Gasteiger partial charge in [0.25, 0.3) is 0 Å². The van der Waals surface area contributed by atoms with Crippen molar-refractivity contribution in [1.29, 1.82) is 0 Å². The van der Waals surface area contributed by atoms with E-state index in [-0.39, 0.29) is 0 Å². The van der Waals surface area contributed by atoms with Crippen LogP contribution in [-0.2, 0) is 6.61 Å². The number of piperazine rings is 1. The average molecular weight is 364 g/mol. The van der Waals surface area contributed by atoms with Gasteiger partial charge in [-0.05, 0) is 11.6 Å². The van der Waals surface area contributed by atoms with Crippen LogP contribution in [0, 0.1) is 0 Å². The maximum atomic E-state index is 13.2. The minimum absolute atomic E-state index is 0.331. The van der Waals surface area contributed by atoms with Crippen molar-refractivity contribution in [2.24, 2.45) is 0 Å². The zero-order valence-corrected chi connectivity index (χ0v) is 14.5. The largest absolute Gasteiger partial charge is 0.489 e. The van der Waals surface area contributed by atoms with Gasteiger partial charge in [-0.1, -0.05) is 48.5 Å². The number of alkyl halides is 3. The molecular weight excluding hydrogens is 341 g/mol. The lowest BCUT2D eigenvalue weighted by atomic mass is 9.99. The Labute approximate surface area is 151 Å². The first-order valence-corrected chi connectivity index (χ1v) is 8.80. The molecule has 1 N–H and O–H groups in total. The minimum Gasteiger partial charge on any atom is -0.489 e. The van der Waals surface area contributed by atoms with Crippen molar-refractivity contribution in [3.05, 3.63) is 65.7 Å². The third kappa shape index (κ3) is 5.22. The summed E-state index contributed by atoms with van der Waals surface area (Å²) in [5.74, 6) is 0.518. The highest BCUT2D eigenvalue weighted by Gasteiger charge is 2.37. The summed E-state index contributed by atoms with van der Waals surface area (Å²) < 4.78 is 45.6. The van der Waals surface area contributed by atoms with E-state index in [1.54, 1.807) is 24.3 Å². The van der Waals surface area contributed by atoms with Crippen molar-refractivity contribution >= 4 is 0 Å².